The van der Waals surface area contributed by atoms with Gasteiger partial charge in [0.2, 0.25) is 5.91 Å². The maximum atomic E-state index is 12.3. The van der Waals surface area contributed by atoms with Crippen LogP contribution in [-0.4, -0.2) is 42.0 Å². The van der Waals surface area contributed by atoms with Crippen molar-refractivity contribution in [3.05, 3.63) is 29.8 Å². The average Bonchev–Trinajstić information content (AvgIpc) is 3.33. The van der Waals surface area contributed by atoms with Crippen LogP contribution in [0.3, 0.4) is 0 Å². The van der Waals surface area contributed by atoms with Gasteiger partial charge in [0, 0.05) is 25.3 Å². The summed E-state index contributed by atoms with van der Waals surface area (Å²) in [5.74, 6) is 0.366. The number of benzene rings is 1. The maximum absolute atomic E-state index is 12.3. The van der Waals surface area contributed by atoms with Crippen LogP contribution in [0.4, 0.5) is 10.5 Å². The van der Waals surface area contributed by atoms with E-state index in [0.717, 1.165) is 43.5 Å². The zero-order valence-corrected chi connectivity index (χ0v) is 14.2. The van der Waals surface area contributed by atoms with Gasteiger partial charge in [-0.3, -0.25) is 4.79 Å². The number of hydrogen-bond acceptors (Lipinski definition) is 3. The minimum absolute atomic E-state index is 0.0799. The molecule has 4 N–H and O–H groups in total. The lowest BCUT2D eigenvalue weighted by atomic mass is 9.97. The van der Waals surface area contributed by atoms with E-state index in [1.54, 1.807) is 0 Å². The molecule has 1 saturated heterocycles. The van der Waals surface area contributed by atoms with Gasteiger partial charge in [0.1, 0.15) is 0 Å². The Morgan fingerprint density at radius 2 is 2.00 bits per heavy atom. The van der Waals surface area contributed by atoms with Crippen molar-refractivity contribution in [3.63, 3.8) is 0 Å². The summed E-state index contributed by atoms with van der Waals surface area (Å²) in [5.41, 5.74) is 7.34. The molecule has 0 spiro atoms. The van der Waals surface area contributed by atoms with Gasteiger partial charge in [0.15, 0.2) is 0 Å². The number of carbonyl (C=O) groups excluding carboxylic acids is 2. The summed E-state index contributed by atoms with van der Waals surface area (Å²) in [6.07, 6.45) is 3.58. The van der Waals surface area contributed by atoms with E-state index in [9.17, 15) is 9.59 Å². The Morgan fingerprint density at radius 3 is 2.67 bits per heavy atom. The van der Waals surface area contributed by atoms with Crippen LogP contribution < -0.4 is 16.4 Å². The number of piperidine rings is 1. The van der Waals surface area contributed by atoms with E-state index in [1.807, 2.05) is 36.1 Å². The van der Waals surface area contributed by atoms with Crippen LogP contribution in [0.1, 0.15) is 31.2 Å². The standard InChI is InChI=1S/C18H26N4O2/c1-13-4-6-15(7-5-13)21-17(24)20-11-14-3-2-10-22(12-14)16(23)18(19)8-9-18/h4-7,14H,2-3,8-12,19H2,1H3,(H2,20,21,24). The van der Waals surface area contributed by atoms with Gasteiger partial charge >= 0.3 is 6.03 Å². The van der Waals surface area contributed by atoms with Crippen molar-refractivity contribution in [2.24, 2.45) is 11.7 Å². The smallest absolute Gasteiger partial charge is 0.319 e. The van der Waals surface area contributed by atoms with Crippen LogP contribution in [0.15, 0.2) is 24.3 Å². The topological polar surface area (TPSA) is 87.5 Å². The molecule has 2 aliphatic rings. The Bertz CT molecular complexity index is 610. The Kier molecular flexibility index (Phi) is 4.76. The number of nitrogens with one attached hydrogen (secondary N) is 2. The first-order valence-electron chi connectivity index (χ1n) is 8.66. The summed E-state index contributed by atoms with van der Waals surface area (Å²) >= 11 is 0. The minimum Gasteiger partial charge on any atom is -0.341 e. The molecule has 1 atom stereocenters. The molecule has 1 aromatic rings. The molecule has 6 nitrogen and oxygen atoms in total. The van der Waals surface area contributed by atoms with Gasteiger partial charge in [-0.15, -0.1) is 0 Å². The molecule has 3 amide bonds. The van der Waals surface area contributed by atoms with Gasteiger partial charge in [-0.05, 0) is 50.7 Å². The Balaban J connectivity index is 1.44. The lowest BCUT2D eigenvalue weighted by molar-refractivity contribution is -0.135. The van der Waals surface area contributed by atoms with Crippen LogP contribution in [0.25, 0.3) is 0 Å². The first-order valence-corrected chi connectivity index (χ1v) is 8.66. The highest BCUT2D eigenvalue weighted by Crippen LogP contribution is 2.35. The molecule has 0 aromatic heterocycles. The largest absolute Gasteiger partial charge is 0.341 e. The van der Waals surface area contributed by atoms with E-state index in [2.05, 4.69) is 10.6 Å². The van der Waals surface area contributed by atoms with E-state index >= 15 is 0 Å². The number of aryl methyl sites for hydroxylation is 1. The van der Waals surface area contributed by atoms with E-state index in [1.165, 1.54) is 0 Å². The van der Waals surface area contributed by atoms with Crippen molar-refractivity contribution in [2.45, 2.75) is 38.1 Å². The molecule has 1 heterocycles. The van der Waals surface area contributed by atoms with Gasteiger partial charge in [0.05, 0.1) is 5.54 Å². The minimum atomic E-state index is -0.599. The first kappa shape index (κ1) is 16.8. The molecule has 130 valence electrons. The van der Waals surface area contributed by atoms with Crippen molar-refractivity contribution in [2.75, 3.05) is 25.0 Å². The molecule has 6 heteroatoms. The Morgan fingerprint density at radius 1 is 1.29 bits per heavy atom. The fourth-order valence-electron chi connectivity index (χ4n) is 3.13. The average molecular weight is 330 g/mol. The van der Waals surface area contributed by atoms with Gasteiger partial charge in [-0.25, -0.2) is 4.79 Å². The zero-order valence-electron chi connectivity index (χ0n) is 14.2. The van der Waals surface area contributed by atoms with Crippen molar-refractivity contribution < 1.29 is 9.59 Å². The zero-order chi connectivity index (χ0) is 17.2. The summed E-state index contributed by atoms with van der Waals surface area (Å²) in [4.78, 5) is 26.2. The lowest BCUT2D eigenvalue weighted by Crippen LogP contribution is -2.51. The number of carbonyl (C=O) groups is 2. The first-order chi connectivity index (χ1) is 11.5. The summed E-state index contributed by atoms with van der Waals surface area (Å²) in [7, 11) is 0. The summed E-state index contributed by atoms with van der Waals surface area (Å²) in [6.45, 7) is 4.04. The molecule has 1 aliphatic carbocycles. The fraction of sp³-hybridized carbons (Fsp3) is 0.556. The van der Waals surface area contributed by atoms with Crippen molar-refractivity contribution in [1.29, 1.82) is 0 Å². The normalized spacial score (nSPS) is 21.9. The number of rotatable bonds is 4. The Labute approximate surface area is 142 Å². The molecule has 1 aromatic carbocycles. The molecule has 1 unspecified atom stereocenters. The molecule has 2 fully saturated rings. The monoisotopic (exact) mass is 330 g/mol. The van der Waals surface area contributed by atoms with Crippen LogP contribution >= 0.6 is 0 Å². The summed E-state index contributed by atoms with van der Waals surface area (Å²) in [6, 6.07) is 7.47. The second-order valence-electron chi connectivity index (χ2n) is 7.12. The SMILES string of the molecule is Cc1ccc(NC(=O)NCC2CCCN(C(=O)C3(N)CC3)C2)cc1. The Hall–Kier alpha value is -2.08. The van der Waals surface area contributed by atoms with E-state index in [0.29, 0.717) is 13.1 Å². The molecule has 0 radical (unpaired) electrons. The number of nitrogens with two attached hydrogens (primary N) is 1. The predicted octanol–water partition coefficient (Wildman–Crippen LogP) is 1.85. The number of nitrogens with zero attached hydrogens (tertiary/aromatic N) is 1. The number of likely N-dealkylation sites (tertiary alicyclic amines) is 1. The van der Waals surface area contributed by atoms with Crippen molar-refractivity contribution in [3.8, 4) is 0 Å². The second kappa shape index (κ2) is 6.81. The molecular formula is C18H26N4O2. The maximum Gasteiger partial charge on any atom is 0.319 e. The number of urea groups is 1. The van der Waals surface area contributed by atoms with Gasteiger partial charge in [-0.1, -0.05) is 17.7 Å². The van der Waals surface area contributed by atoms with Gasteiger partial charge < -0.3 is 21.3 Å². The number of anilines is 1. The van der Waals surface area contributed by atoms with E-state index in [4.69, 9.17) is 5.73 Å². The fourth-order valence-corrected chi connectivity index (χ4v) is 3.13. The van der Waals surface area contributed by atoms with Crippen LogP contribution in [0, 0.1) is 12.8 Å². The highest BCUT2D eigenvalue weighted by molar-refractivity contribution is 5.89. The molecule has 0 bridgehead atoms. The number of hydrogen-bond donors (Lipinski definition) is 3. The third-order valence-corrected chi connectivity index (χ3v) is 4.88. The number of amides is 3. The third kappa shape index (κ3) is 4.06. The van der Waals surface area contributed by atoms with Crippen LogP contribution in [0.2, 0.25) is 0 Å². The van der Waals surface area contributed by atoms with E-state index < -0.39 is 5.54 Å². The highest BCUT2D eigenvalue weighted by Gasteiger charge is 2.48. The van der Waals surface area contributed by atoms with Crippen LogP contribution in [0.5, 0.6) is 0 Å². The second-order valence-corrected chi connectivity index (χ2v) is 7.12. The third-order valence-electron chi connectivity index (χ3n) is 4.88. The molecule has 1 aliphatic heterocycles. The lowest BCUT2D eigenvalue weighted by Gasteiger charge is -2.34. The summed E-state index contributed by atoms with van der Waals surface area (Å²) < 4.78 is 0. The summed E-state index contributed by atoms with van der Waals surface area (Å²) in [5, 5.41) is 5.74. The van der Waals surface area contributed by atoms with Gasteiger partial charge in [0.25, 0.3) is 0 Å². The quantitative estimate of drug-likeness (QED) is 0.787. The van der Waals surface area contributed by atoms with E-state index in [-0.39, 0.29) is 17.9 Å². The molecule has 24 heavy (non-hydrogen) atoms. The molecular weight excluding hydrogens is 304 g/mol. The predicted molar refractivity (Wildman–Crippen MR) is 93.7 cm³/mol. The van der Waals surface area contributed by atoms with Crippen molar-refractivity contribution >= 4 is 17.6 Å². The molecule has 3 rings (SSSR count). The van der Waals surface area contributed by atoms with Gasteiger partial charge in [-0.2, -0.15) is 0 Å². The van der Waals surface area contributed by atoms with Crippen LogP contribution in [-0.2, 0) is 4.79 Å². The molecule has 1 saturated carbocycles. The highest BCUT2D eigenvalue weighted by atomic mass is 16.2. The van der Waals surface area contributed by atoms with Crippen molar-refractivity contribution in [1.82, 2.24) is 10.2 Å².